The summed E-state index contributed by atoms with van der Waals surface area (Å²) in [7, 11) is -0.932. The molecule has 0 aliphatic rings. The molecule has 4 nitrogen and oxygen atoms in total. The van der Waals surface area contributed by atoms with E-state index < -0.39 is 12.7 Å². The third-order valence-corrected chi connectivity index (χ3v) is 3.02. The van der Waals surface area contributed by atoms with E-state index in [1.54, 1.807) is 12.4 Å². The van der Waals surface area contributed by atoms with Crippen LogP contribution in [0.4, 0.5) is 0 Å². The smallest absolute Gasteiger partial charge is 0.423 e. The number of nitrogens with zero attached hydrogens (tertiary/aromatic N) is 1. The Hall–Kier alpha value is -0.805. The van der Waals surface area contributed by atoms with Gasteiger partial charge in [-0.3, -0.25) is 5.10 Å². The summed E-state index contributed by atoms with van der Waals surface area (Å²) in [6, 6.07) is 0. The average molecular weight is 210 g/mol. The first-order valence-corrected chi connectivity index (χ1v) is 5.08. The maximum Gasteiger partial charge on any atom is 0.494 e. The molecule has 1 aromatic rings. The summed E-state index contributed by atoms with van der Waals surface area (Å²) in [6.07, 6.45) is 3.19. The van der Waals surface area contributed by atoms with Crippen LogP contribution in [0.3, 0.4) is 0 Å². The van der Waals surface area contributed by atoms with Gasteiger partial charge in [-0.15, -0.1) is 0 Å². The molecule has 0 radical (unpaired) electrons. The molecule has 0 amide bonds. The molecule has 0 saturated carbocycles. The second-order valence-corrected chi connectivity index (χ2v) is 5.26. The summed E-state index contributed by atoms with van der Waals surface area (Å²) in [5.41, 5.74) is 0.189. The molecule has 5 heteroatoms. The first kappa shape index (κ1) is 12.3. The van der Waals surface area contributed by atoms with Crippen molar-refractivity contribution in [3.8, 4) is 0 Å². The fraction of sp³-hybridized carbons (Fsp3) is 0.700. The molecule has 1 aromatic heterocycles. The van der Waals surface area contributed by atoms with Gasteiger partial charge < -0.3 is 9.68 Å². The van der Waals surface area contributed by atoms with Gasteiger partial charge in [-0.2, -0.15) is 5.10 Å². The molecule has 84 valence electrons. The van der Waals surface area contributed by atoms with Crippen LogP contribution in [0, 0.1) is 5.41 Å². The maximum absolute atomic E-state index is 9.83. The average Bonchev–Trinajstić information content (AvgIpc) is 2.51. The van der Waals surface area contributed by atoms with Crippen LogP contribution in [-0.2, 0) is 4.65 Å². The van der Waals surface area contributed by atoms with Crippen molar-refractivity contribution in [2.24, 2.45) is 5.41 Å². The Morgan fingerprint density at radius 2 is 1.93 bits per heavy atom. The fourth-order valence-corrected chi connectivity index (χ4v) is 0.920. The van der Waals surface area contributed by atoms with Crippen LogP contribution in [0.1, 0.15) is 34.6 Å². The molecule has 0 unspecified atom stereocenters. The summed E-state index contributed by atoms with van der Waals surface area (Å²) in [6.45, 7) is 10.2. The van der Waals surface area contributed by atoms with Crippen LogP contribution in [-0.4, -0.2) is 27.9 Å². The Labute approximate surface area is 91.2 Å². The van der Waals surface area contributed by atoms with Gasteiger partial charge in [0.1, 0.15) is 0 Å². The topological polar surface area (TPSA) is 58.1 Å². The van der Waals surface area contributed by atoms with Crippen molar-refractivity contribution in [1.82, 2.24) is 10.2 Å². The number of aromatic amines is 1. The second kappa shape index (κ2) is 3.98. The minimum Gasteiger partial charge on any atom is -0.423 e. The van der Waals surface area contributed by atoms with E-state index in [1.165, 1.54) is 0 Å². The van der Waals surface area contributed by atoms with Gasteiger partial charge in [0.2, 0.25) is 0 Å². The molecule has 0 saturated heterocycles. The molecular formula is C10H19BN2O2. The molecule has 0 aromatic carbocycles. The number of rotatable bonds is 3. The SMILES string of the molecule is CC(C)(C)C(C)(C)OB(O)c1cn[nH]c1. The van der Waals surface area contributed by atoms with Gasteiger partial charge >= 0.3 is 7.12 Å². The lowest BCUT2D eigenvalue weighted by Crippen LogP contribution is -2.48. The maximum atomic E-state index is 9.83. The lowest BCUT2D eigenvalue weighted by atomic mass is 9.74. The van der Waals surface area contributed by atoms with Gasteiger partial charge in [0.15, 0.2) is 0 Å². The number of aromatic nitrogens is 2. The van der Waals surface area contributed by atoms with E-state index >= 15 is 0 Å². The largest absolute Gasteiger partial charge is 0.494 e. The van der Waals surface area contributed by atoms with Gasteiger partial charge in [-0.05, 0) is 19.3 Å². The summed E-state index contributed by atoms with van der Waals surface area (Å²) >= 11 is 0. The molecule has 0 aliphatic heterocycles. The molecule has 2 N–H and O–H groups in total. The van der Waals surface area contributed by atoms with Gasteiger partial charge in [-0.25, -0.2) is 0 Å². The van der Waals surface area contributed by atoms with E-state index in [2.05, 4.69) is 31.0 Å². The molecule has 0 spiro atoms. The zero-order valence-corrected chi connectivity index (χ0v) is 10.0. The Kier molecular flexibility index (Phi) is 3.26. The van der Waals surface area contributed by atoms with E-state index in [0.717, 1.165) is 0 Å². The normalized spacial score (nSPS) is 12.9. The van der Waals surface area contributed by atoms with Gasteiger partial charge in [0, 0.05) is 17.9 Å². The van der Waals surface area contributed by atoms with Gasteiger partial charge in [-0.1, -0.05) is 20.8 Å². The highest BCUT2D eigenvalue weighted by molar-refractivity contribution is 6.59. The third kappa shape index (κ3) is 2.82. The van der Waals surface area contributed by atoms with Gasteiger partial charge in [0.25, 0.3) is 0 Å². The van der Waals surface area contributed by atoms with Crippen LogP contribution < -0.4 is 5.46 Å². The van der Waals surface area contributed by atoms with Crippen LogP contribution >= 0.6 is 0 Å². The van der Waals surface area contributed by atoms with Crippen molar-refractivity contribution in [2.75, 3.05) is 0 Å². The predicted molar refractivity (Wildman–Crippen MR) is 60.8 cm³/mol. The summed E-state index contributed by atoms with van der Waals surface area (Å²) < 4.78 is 5.64. The zero-order valence-electron chi connectivity index (χ0n) is 10.0. The van der Waals surface area contributed by atoms with Crippen molar-refractivity contribution in [1.29, 1.82) is 0 Å². The molecule has 0 bridgehead atoms. The van der Waals surface area contributed by atoms with E-state index in [-0.39, 0.29) is 5.41 Å². The number of nitrogens with one attached hydrogen (secondary N) is 1. The highest BCUT2D eigenvalue weighted by atomic mass is 16.5. The van der Waals surface area contributed by atoms with Crippen molar-refractivity contribution < 1.29 is 9.68 Å². The monoisotopic (exact) mass is 210 g/mol. The first-order chi connectivity index (χ1) is 6.74. The predicted octanol–water partition coefficient (Wildman–Crippen LogP) is 0.938. The Morgan fingerprint density at radius 3 is 2.33 bits per heavy atom. The number of H-pyrrole nitrogens is 1. The zero-order chi connectivity index (χ0) is 11.7. The minimum absolute atomic E-state index is 0.0439. The molecule has 0 atom stereocenters. The van der Waals surface area contributed by atoms with E-state index in [4.69, 9.17) is 4.65 Å². The number of hydrogen-bond donors (Lipinski definition) is 2. The lowest BCUT2D eigenvalue weighted by molar-refractivity contribution is -0.0129. The van der Waals surface area contributed by atoms with Gasteiger partial charge in [0.05, 0.1) is 5.60 Å². The van der Waals surface area contributed by atoms with Crippen molar-refractivity contribution in [3.05, 3.63) is 12.4 Å². The lowest BCUT2D eigenvalue weighted by Gasteiger charge is -2.39. The second-order valence-electron chi connectivity index (χ2n) is 5.26. The Bertz CT molecular complexity index is 304. The molecular weight excluding hydrogens is 191 g/mol. The van der Waals surface area contributed by atoms with Crippen molar-refractivity contribution in [2.45, 2.75) is 40.2 Å². The third-order valence-electron chi connectivity index (χ3n) is 3.02. The highest BCUT2D eigenvalue weighted by Crippen LogP contribution is 2.33. The fourth-order valence-electron chi connectivity index (χ4n) is 0.920. The minimum atomic E-state index is -0.932. The van der Waals surface area contributed by atoms with E-state index in [9.17, 15) is 5.02 Å². The summed E-state index contributed by atoms with van der Waals surface area (Å²) in [5, 5.41) is 16.2. The van der Waals surface area contributed by atoms with Crippen LogP contribution in [0.15, 0.2) is 12.4 Å². The highest BCUT2D eigenvalue weighted by Gasteiger charge is 2.37. The Balaban J connectivity index is 2.70. The number of hydrogen-bond acceptors (Lipinski definition) is 3. The molecule has 1 rings (SSSR count). The van der Waals surface area contributed by atoms with Crippen LogP contribution in [0.25, 0.3) is 0 Å². The molecule has 0 fully saturated rings. The van der Waals surface area contributed by atoms with Crippen molar-refractivity contribution in [3.63, 3.8) is 0 Å². The first-order valence-electron chi connectivity index (χ1n) is 5.08. The summed E-state index contributed by atoms with van der Waals surface area (Å²) in [5.74, 6) is 0. The Morgan fingerprint density at radius 1 is 1.33 bits per heavy atom. The van der Waals surface area contributed by atoms with Crippen LogP contribution in [0.2, 0.25) is 0 Å². The van der Waals surface area contributed by atoms with Crippen molar-refractivity contribution >= 4 is 12.6 Å². The molecule has 0 aliphatic carbocycles. The van der Waals surface area contributed by atoms with E-state index in [0.29, 0.717) is 5.46 Å². The summed E-state index contributed by atoms with van der Waals surface area (Å²) in [4.78, 5) is 0. The molecule has 1 heterocycles. The quantitative estimate of drug-likeness (QED) is 0.730. The standard InChI is InChI=1S/C10H19BN2O2/c1-9(2,3)10(4,5)15-11(14)8-6-12-13-7-8/h6-7,14H,1-5H3,(H,12,13). The van der Waals surface area contributed by atoms with E-state index in [1.807, 2.05) is 13.8 Å². The van der Waals surface area contributed by atoms with Crippen LogP contribution in [0.5, 0.6) is 0 Å². The molecule has 15 heavy (non-hydrogen) atoms.